The molecule has 0 saturated heterocycles. The Labute approximate surface area is 109 Å². The highest BCUT2D eigenvalue weighted by atomic mass is 16.5. The van der Waals surface area contributed by atoms with E-state index in [-0.39, 0.29) is 12.1 Å². The minimum Gasteiger partial charge on any atom is -0.493 e. The third-order valence-corrected chi connectivity index (χ3v) is 3.15. The van der Waals surface area contributed by atoms with E-state index in [0.29, 0.717) is 0 Å². The van der Waals surface area contributed by atoms with E-state index in [0.717, 1.165) is 30.8 Å². The van der Waals surface area contributed by atoms with Gasteiger partial charge in [-0.3, -0.25) is 4.68 Å². The van der Waals surface area contributed by atoms with Crippen LogP contribution in [0.25, 0.3) is 0 Å². The van der Waals surface area contributed by atoms with Crippen molar-refractivity contribution in [2.75, 3.05) is 21.3 Å². The van der Waals surface area contributed by atoms with Gasteiger partial charge in [0.15, 0.2) is 5.75 Å². The van der Waals surface area contributed by atoms with Crippen molar-refractivity contribution >= 4 is 0 Å². The van der Waals surface area contributed by atoms with Crippen molar-refractivity contribution < 1.29 is 9.47 Å². The van der Waals surface area contributed by atoms with Crippen LogP contribution >= 0.6 is 0 Å². The Bertz CT molecular complexity index is 352. The number of aryl methyl sites for hydroxylation is 1. The third kappa shape index (κ3) is 3.46. The lowest BCUT2D eigenvalue weighted by Gasteiger charge is -2.22. The molecule has 0 aliphatic carbocycles. The van der Waals surface area contributed by atoms with Gasteiger partial charge < -0.3 is 14.8 Å². The molecule has 5 nitrogen and oxygen atoms in total. The van der Waals surface area contributed by atoms with Gasteiger partial charge in [-0.05, 0) is 26.8 Å². The van der Waals surface area contributed by atoms with E-state index in [4.69, 9.17) is 9.47 Å². The lowest BCUT2D eigenvalue weighted by Crippen LogP contribution is -2.25. The molecule has 1 N–H and O–H groups in total. The quantitative estimate of drug-likeness (QED) is 0.771. The number of nitrogens with one attached hydrogen (secondary N) is 1. The first-order valence-corrected chi connectivity index (χ1v) is 6.47. The van der Waals surface area contributed by atoms with E-state index in [2.05, 4.69) is 24.3 Å². The normalized spacial score (nSPS) is 14.5. The predicted molar refractivity (Wildman–Crippen MR) is 72.0 cm³/mol. The summed E-state index contributed by atoms with van der Waals surface area (Å²) in [6, 6.07) is 0.184. The van der Waals surface area contributed by atoms with Crippen molar-refractivity contribution in [1.82, 2.24) is 15.1 Å². The maximum absolute atomic E-state index is 5.41. The average Bonchev–Trinajstić information content (AvgIpc) is 2.79. The summed E-state index contributed by atoms with van der Waals surface area (Å²) >= 11 is 0. The van der Waals surface area contributed by atoms with Crippen LogP contribution in [0, 0.1) is 0 Å². The maximum Gasteiger partial charge on any atom is 0.161 e. The van der Waals surface area contributed by atoms with E-state index in [1.54, 1.807) is 20.4 Å². The highest BCUT2D eigenvalue weighted by Gasteiger charge is 2.22. The fourth-order valence-corrected chi connectivity index (χ4v) is 2.07. The molecule has 2 atom stereocenters. The summed E-state index contributed by atoms with van der Waals surface area (Å²) in [6.07, 6.45) is 3.91. The van der Waals surface area contributed by atoms with Gasteiger partial charge in [-0.1, -0.05) is 6.92 Å². The summed E-state index contributed by atoms with van der Waals surface area (Å²) in [6.45, 7) is 5.11. The van der Waals surface area contributed by atoms with Crippen LogP contribution in [0.5, 0.6) is 5.75 Å². The number of hydrogen-bond donors (Lipinski definition) is 1. The number of methoxy groups -OCH3 is 2. The van der Waals surface area contributed by atoms with Gasteiger partial charge in [-0.15, -0.1) is 0 Å². The molecule has 1 aromatic heterocycles. The Kier molecular flexibility index (Phi) is 6.15. The summed E-state index contributed by atoms with van der Waals surface area (Å²) in [5.41, 5.74) is 1.10. The van der Waals surface area contributed by atoms with Crippen LogP contribution in [0.2, 0.25) is 0 Å². The smallest absolute Gasteiger partial charge is 0.161 e. The molecule has 0 fully saturated rings. The van der Waals surface area contributed by atoms with Gasteiger partial charge in [0, 0.05) is 13.7 Å². The molecule has 0 aliphatic heterocycles. The average molecular weight is 255 g/mol. The standard InChI is InChI=1S/C13H25N3O2/c1-6-7-16-13(12(18-5)9-15-16)11(14-3)8-10(2)17-4/h9-11,14H,6-8H2,1-5H3. The lowest BCUT2D eigenvalue weighted by molar-refractivity contribution is 0.0999. The number of rotatable bonds is 8. The van der Waals surface area contributed by atoms with Crippen molar-refractivity contribution in [3.8, 4) is 5.75 Å². The highest BCUT2D eigenvalue weighted by molar-refractivity contribution is 5.28. The molecule has 18 heavy (non-hydrogen) atoms. The number of ether oxygens (including phenoxy) is 2. The van der Waals surface area contributed by atoms with Gasteiger partial charge in [0.25, 0.3) is 0 Å². The first-order chi connectivity index (χ1) is 8.67. The van der Waals surface area contributed by atoms with Crippen molar-refractivity contribution in [2.45, 2.75) is 45.4 Å². The van der Waals surface area contributed by atoms with Crippen molar-refractivity contribution in [2.24, 2.45) is 0 Å². The van der Waals surface area contributed by atoms with Gasteiger partial charge >= 0.3 is 0 Å². The highest BCUT2D eigenvalue weighted by Crippen LogP contribution is 2.28. The molecule has 5 heteroatoms. The van der Waals surface area contributed by atoms with Crippen LogP contribution in [-0.2, 0) is 11.3 Å². The zero-order chi connectivity index (χ0) is 13.5. The van der Waals surface area contributed by atoms with Crippen LogP contribution in [0.3, 0.4) is 0 Å². The first-order valence-electron chi connectivity index (χ1n) is 6.47. The summed E-state index contributed by atoms with van der Waals surface area (Å²) < 4.78 is 12.8. The molecule has 0 aliphatic rings. The molecule has 0 radical (unpaired) electrons. The van der Waals surface area contributed by atoms with Gasteiger partial charge in [0.05, 0.1) is 31.1 Å². The second-order valence-electron chi connectivity index (χ2n) is 4.44. The molecule has 1 heterocycles. The first kappa shape index (κ1) is 15.0. The Morgan fingerprint density at radius 3 is 2.67 bits per heavy atom. The molecular weight excluding hydrogens is 230 g/mol. The largest absolute Gasteiger partial charge is 0.493 e. The van der Waals surface area contributed by atoms with E-state index in [1.165, 1.54) is 0 Å². The second kappa shape index (κ2) is 7.38. The Balaban J connectivity index is 2.97. The van der Waals surface area contributed by atoms with Gasteiger partial charge in [-0.2, -0.15) is 5.10 Å². The molecule has 0 saturated carbocycles. The third-order valence-electron chi connectivity index (χ3n) is 3.15. The molecule has 1 rings (SSSR count). The maximum atomic E-state index is 5.41. The van der Waals surface area contributed by atoms with Gasteiger partial charge in [0.1, 0.15) is 0 Å². The molecule has 0 aromatic carbocycles. The zero-order valence-electron chi connectivity index (χ0n) is 12.1. The van der Waals surface area contributed by atoms with Crippen LogP contribution < -0.4 is 10.1 Å². The summed E-state index contributed by atoms with van der Waals surface area (Å²) in [5.74, 6) is 0.839. The molecule has 2 unspecified atom stereocenters. The van der Waals surface area contributed by atoms with Crippen molar-refractivity contribution in [3.05, 3.63) is 11.9 Å². The van der Waals surface area contributed by atoms with Gasteiger partial charge in [0.2, 0.25) is 0 Å². The number of nitrogens with zero attached hydrogens (tertiary/aromatic N) is 2. The second-order valence-corrected chi connectivity index (χ2v) is 4.44. The minimum absolute atomic E-state index is 0.184. The van der Waals surface area contributed by atoms with E-state index < -0.39 is 0 Å². The van der Waals surface area contributed by atoms with Crippen LogP contribution in [-0.4, -0.2) is 37.2 Å². The van der Waals surface area contributed by atoms with Crippen molar-refractivity contribution in [1.29, 1.82) is 0 Å². The molecule has 0 spiro atoms. The van der Waals surface area contributed by atoms with Crippen LogP contribution in [0.4, 0.5) is 0 Å². The minimum atomic E-state index is 0.184. The number of aromatic nitrogens is 2. The molecule has 104 valence electrons. The fourth-order valence-electron chi connectivity index (χ4n) is 2.07. The van der Waals surface area contributed by atoms with Crippen LogP contribution in [0.1, 0.15) is 38.4 Å². The lowest BCUT2D eigenvalue weighted by atomic mass is 10.1. The summed E-state index contributed by atoms with van der Waals surface area (Å²) in [4.78, 5) is 0. The van der Waals surface area contributed by atoms with E-state index >= 15 is 0 Å². The van der Waals surface area contributed by atoms with Gasteiger partial charge in [-0.25, -0.2) is 0 Å². The van der Waals surface area contributed by atoms with Crippen molar-refractivity contribution in [3.63, 3.8) is 0 Å². The van der Waals surface area contributed by atoms with E-state index in [1.807, 2.05) is 11.7 Å². The molecule has 1 aromatic rings. The Morgan fingerprint density at radius 1 is 1.44 bits per heavy atom. The Hall–Kier alpha value is -1.07. The fraction of sp³-hybridized carbons (Fsp3) is 0.769. The molecule has 0 amide bonds. The molecular formula is C13H25N3O2. The Morgan fingerprint density at radius 2 is 2.17 bits per heavy atom. The molecule has 0 bridgehead atoms. The topological polar surface area (TPSA) is 48.3 Å². The van der Waals surface area contributed by atoms with E-state index in [9.17, 15) is 0 Å². The predicted octanol–water partition coefficient (Wildman–Crippen LogP) is 1.99. The summed E-state index contributed by atoms with van der Waals surface area (Å²) in [5, 5.41) is 7.71. The van der Waals surface area contributed by atoms with Crippen LogP contribution in [0.15, 0.2) is 6.20 Å². The SMILES string of the molecule is CCCn1ncc(OC)c1C(CC(C)OC)NC. The monoisotopic (exact) mass is 255 g/mol. The zero-order valence-corrected chi connectivity index (χ0v) is 12.1. The summed E-state index contributed by atoms with van der Waals surface area (Å²) in [7, 11) is 5.37. The number of hydrogen-bond acceptors (Lipinski definition) is 4.